The van der Waals surface area contributed by atoms with Gasteiger partial charge in [0, 0.05) is 25.4 Å². The number of aliphatic imine (C=N–C) groups is 1. The molecule has 4 unspecified atom stereocenters. The summed E-state index contributed by atoms with van der Waals surface area (Å²) >= 11 is 0. The summed E-state index contributed by atoms with van der Waals surface area (Å²) in [5.41, 5.74) is 3.03. The summed E-state index contributed by atoms with van der Waals surface area (Å²) in [6.07, 6.45) is 3.06. The Morgan fingerprint density at radius 2 is 2.08 bits per heavy atom. The molecule has 146 valence electrons. The minimum absolute atomic E-state index is 0. The van der Waals surface area contributed by atoms with Gasteiger partial charge in [-0.3, -0.25) is 4.99 Å². The highest BCUT2D eigenvalue weighted by Crippen LogP contribution is 2.61. The Morgan fingerprint density at radius 3 is 2.77 bits per heavy atom. The Balaban J connectivity index is 0.00000243. The van der Waals surface area contributed by atoms with Gasteiger partial charge in [0.15, 0.2) is 5.96 Å². The molecule has 1 fully saturated rings. The van der Waals surface area contributed by atoms with Gasteiger partial charge < -0.3 is 10.6 Å². The Bertz CT molecular complexity index is 751. The van der Waals surface area contributed by atoms with E-state index in [1.807, 2.05) is 13.8 Å². The lowest BCUT2D eigenvalue weighted by atomic mass is 10.0. The van der Waals surface area contributed by atoms with Crippen molar-refractivity contribution in [3.8, 4) is 0 Å². The summed E-state index contributed by atoms with van der Waals surface area (Å²) < 4.78 is 22.6. The molecular weight excluding hydrogens is 461 g/mol. The summed E-state index contributed by atoms with van der Waals surface area (Å²) in [7, 11) is -2.92. The third kappa shape index (κ3) is 5.34. The minimum Gasteiger partial charge on any atom is -0.357 e. The zero-order valence-corrected chi connectivity index (χ0v) is 18.9. The van der Waals surface area contributed by atoms with Gasteiger partial charge in [-0.1, -0.05) is 24.3 Å². The quantitative estimate of drug-likeness (QED) is 0.350. The van der Waals surface area contributed by atoms with Crippen molar-refractivity contribution in [3.63, 3.8) is 0 Å². The molecule has 0 aromatic heterocycles. The molecule has 0 spiro atoms. The molecular formula is C19H30IN3O2S. The van der Waals surface area contributed by atoms with E-state index < -0.39 is 9.84 Å². The first-order chi connectivity index (χ1) is 11.9. The van der Waals surface area contributed by atoms with E-state index >= 15 is 0 Å². The smallest absolute Gasteiger partial charge is 0.191 e. The van der Waals surface area contributed by atoms with Gasteiger partial charge in [0.2, 0.25) is 0 Å². The van der Waals surface area contributed by atoms with Crippen LogP contribution >= 0.6 is 24.0 Å². The van der Waals surface area contributed by atoms with Gasteiger partial charge >= 0.3 is 0 Å². The van der Waals surface area contributed by atoms with Gasteiger partial charge in [-0.2, -0.15) is 0 Å². The predicted molar refractivity (Wildman–Crippen MR) is 118 cm³/mol. The largest absolute Gasteiger partial charge is 0.357 e. The first-order valence-corrected chi connectivity index (χ1v) is 11.3. The molecule has 2 aliphatic rings. The van der Waals surface area contributed by atoms with Crippen molar-refractivity contribution in [1.29, 1.82) is 0 Å². The van der Waals surface area contributed by atoms with Crippen molar-refractivity contribution in [2.45, 2.75) is 38.6 Å². The highest BCUT2D eigenvalue weighted by Gasteiger charge is 2.54. The van der Waals surface area contributed by atoms with Gasteiger partial charge in [-0.25, -0.2) is 8.42 Å². The summed E-state index contributed by atoms with van der Waals surface area (Å²) in [4.78, 5) is 4.76. The zero-order chi connectivity index (χ0) is 18.0. The Kier molecular flexibility index (Phi) is 7.35. The summed E-state index contributed by atoms with van der Waals surface area (Å²) in [5, 5.41) is 6.60. The lowest BCUT2D eigenvalue weighted by molar-refractivity contribution is 0.580. The van der Waals surface area contributed by atoms with E-state index in [1.165, 1.54) is 23.8 Å². The van der Waals surface area contributed by atoms with Crippen LogP contribution in [0, 0.1) is 11.8 Å². The van der Waals surface area contributed by atoms with Gasteiger partial charge in [0.05, 0.1) is 5.75 Å². The molecule has 1 aromatic carbocycles. The molecule has 7 heteroatoms. The molecule has 1 aromatic rings. The lowest BCUT2D eigenvalue weighted by Crippen LogP contribution is -2.43. The zero-order valence-electron chi connectivity index (χ0n) is 15.7. The second-order valence-electron chi connectivity index (χ2n) is 7.44. The standard InChI is InChI=1S/C19H29N3O2S.HI/c1-4-20-19(22-13(2)9-10-25(3,23)24)21-12-17-16-11-14-7-5-6-8-15(14)18(16)17;/h5-8,13,16-18H,4,9-12H2,1-3H3,(H2,20,21,22);1H. The Hall–Kier alpha value is -0.830. The number of nitrogens with zero attached hydrogens (tertiary/aromatic N) is 1. The van der Waals surface area contributed by atoms with Gasteiger partial charge in [-0.05, 0) is 55.6 Å². The van der Waals surface area contributed by atoms with E-state index in [9.17, 15) is 8.42 Å². The maximum absolute atomic E-state index is 11.3. The van der Waals surface area contributed by atoms with Crippen LogP contribution in [-0.4, -0.2) is 45.5 Å². The fourth-order valence-electron chi connectivity index (χ4n) is 3.95. The topological polar surface area (TPSA) is 70.6 Å². The number of nitrogens with one attached hydrogen (secondary N) is 2. The molecule has 0 radical (unpaired) electrons. The number of hydrogen-bond acceptors (Lipinski definition) is 3. The first-order valence-electron chi connectivity index (χ1n) is 9.19. The van der Waals surface area contributed by atoms with Crippen molar-refractivity contribution in [2.75, 3.05) is 25.1 Å². The number of hydrogen-bond donors (Lipinski definition) is 2. The molecule has 0 amide bonds. The average molecular weight is 491 g/mol. The highest BCUT2D eigenvalue weighted by molar-refractivity contribution is 14.0. The normalized spacial score (nSPS) is 24.9. The molecule has 26 heavy (non-hydrogen) atoms. The molecule has 2 aliphatic carbocycles. The monoisotopic (exact) mass is 491 g/mol. The fourth-order valence-corrected chi connectivity index (χ4v) is 4.73. The van der Waals surface area contributed by atoms with Crippen LogP contribution < -0.4 is 10.6 Å². The van der Waals surface area contributed by atoms with Crippen LogP contribution in [0.4, 0.5) is 0 Å². The van der Waals surface area contributed by atoms with E-state index in [4.69, 9.17) is 4.99 Å². The lowest BCUT2D eigenvalue weighted by Gasteiger charge is -2.17. The fraction of sp³-hybridized carbons (Fsp3) is 0.632. The van der Waals surface area contributed by atoms with Crippen molar-refractivity contribution < 1.29 is 8.42 Å². The van der Waals surface area contributed by atoms with Crippen molar-refractivity contribution in [1.82, 2.24) is 10.6 Å². The van der Waals surface area contributed by atoms with Crippen LogP contribution in [0.2, 0.25) is 0 Å². The third-order valence-electron chi connectivity index (χ3n) is 5.31. The van der Waals surface area contributed by atoms with Crippen LogP contribution in [0.1, 0.15) is 37.3 Å². The molecule has 0 heterocycles. The third-order valence-corrected chi connectivity index (χ3v) is 6.29. The van der Waals surface area contributed by atoms with Gasteiger partial charge in [-0.15, -0.1) is 24.0 Å². The minimum atomic E-state index is -2.92. The number of rotatable bonds is 7. The number of halogens is 1. The molecule has 0 saturated heterocycles. The van der Waals surface area contributed by atoms with E-state index in [0.717, 1.165) is 25.0 Å². The number of fused-ring (bicyclic) bond motifs is 3. The molecule has 2 N–H and O–H groups in total. The Morgan fingerprint density at radius 1 is 1.35 bits per heavy atom. The molecule has 5 nitrogen and oxygen atoms in total. The van der Waals surface area contributed by atoms with Crippen LogP contribution in [-0.2, 0) is 16.3 Å². The number of sulfone groups is 1. The average Bonchev–Trinajstić information content (AvgIpc) is 3.08. The van der Waals surface area contributed by atoms with Crippen LogP contribution in [0.5, 0.6) is 0 Å². The molecule has 0 bridgehead atoms. The number of benzene rings is 1. The molecule has 3 rings (SSSR count). The van der Waals surface area contributed by atoms with Crippen molar-refractivity contribution in [3.05, 3.63) is 35.4 Å². The van der Waals surface area contributed by atoms with Crippen LogP contribution in [0.3, 0.4) is 0 Å². The second kappa shape index (κ2) is 8.91. The molecule has 4 atom stereocenters. The van der Waals surface area contributed by atoms with Gasteiger partial charge in [0.25, 0.3) is 0 Å². The summed E-state index contributed by atoms with van der Waals surface area (Å²) in [5.74, 6) is 3.08. The van der Waals surface area contributed by atoms with E-state index in [2.05, 4.69) is 34.9 Å². The van der Waals surface area contributed by atoms with E-state index in [0.29, 0.717) is 18.3 Å². The highest BCUT2D eigenvalue weighted by atomic mass is 127. The van der Waals surface area contributed by atoms with Crippen LogP contribution in [0.15, 0.2) is 29.3 Å². The van der Waals surface area contributed by atoms with Crippen LogP contribution in [0.25, 0.3) is 0 Å². The number of guanidine groups is 1. The van der Waals surface area contributed by atoms with Gasteiger partial charge in [0.1, 0.15) is 9.84 Å². The Labute approximate surface area is 174 Å². The maximum atomic E-state index is 11.3. The first kappa shape index (κ1) is 21.5. The molecule has 0 aliphatic heterocycles. The predicted octanol–water partition coefficient (Wildman–Crippen LogP) is 2.57. The van der Waals surface area contributed by atoms with E-state index in [1.54, 1.807) is 0 Å². The maximum Gasteiger partial charge on any atom is 0.191 e. The van der Waals surface area contributed by atoms with Crippen molar-refractivity contribution >= 4 is 39.8 Å². The SMILES string of the molecule is CCNC(=NCC1C2Cc3ccccc3C12)NC(C)CCS(C)(=O)=O.I. The summed E-state index contributed by atoms with van der Waals surface area (Å²) in [6.45, 7) is 5.67. The van der Waals surface area contributed by atoms with E-state index in [-0.39, 0.29) is 35.8 Å². The molecule has 1 saturated carbocycles. The van der Waals surface area contributed by atoms with Crippen molar-refractivity contribution in [2.24, 2.45) is 16.8 Å². The second-order valence-corrected chi connectivity index (χ2v) is 9.70. The summed E-state index contributed by atoms with van der Waals surface area (Å²) in [6, 6.07) is 8.85.